The predicted molar refractivity (Wildman–Crippen MR) is 109 cm³/mol. The molecular formula is C22H42O5. The number of allylic oxidation sites excluding steroid dienone is 2. The normalized spacial score (nSPS) is 24.1. The maximum atomic E-state index is 10.0. The summed E-state index contributed by atoms with van der Waals surface area (Å²) in [6.07, 6.45) is 16.6. The van der Waals surface area contributed by atoms with Crippen LogP contribution in [0.1, 0.15) is 84.0 Å². The topological polar surface area (TPSA) is 79.2 Å². The molecule has 0 bridgehead atoms. The van der Waals surface area contributed by atoms with Gasteiger partial charge in [0, 0.05) is 6.61 Å². The highest BCUT2D eigenvalue weighted by atomic mass is 16.6. The second kappa shape index (κ2) is 16.5. The molecular weight excluding hydrogens is 344 g/mol. The zero-order valence-electron chi connectivity index (χ0n) is 17.2. The van der Waals surface area contributed by atoms with Gasteiger partial charge in [0.05, 0.1) is 13.2 Å². The van der Waals surface area contributed by atoms with Crippen LogP contribution in [-0.4, -0.2) is 59.6 Å². The molecule has 0 radical (unpaired) electrons. The van der Waals surface area contributed by atoms with Gasteiger partial charge in [-0.3, -0.25) is 0 Å². The highest BCUT2D eigenvalue weighted by Crippen LogP contribution is 2.20. The van der Waals surface area contributed by atoms with Crippen molar-refractivity contribution < 1.29 is 24.8 Å². The van der Waals surface area contributed by atoms with E-state index < -0.39 is 31.0 Å². The van der Waals surface area contributed by atoms with E-state index in [1.165, 1.54) is 64.2 Å². The van der Waals surface area contributed by atoms with Crippen LogP contribution in [0.15, 0.2) is 12.2 Å². The van der Waals surface area contributed by atoms with E-state index in [1.807, 2.05) is 0 Å². The Morgan fingerprint density at radius 1 is 0.963 bits per heavy atom. The van der Waals surface area contributed by atoms with E-state index in [2.05, 4.69) is 19.1 Å². The molecule has 5 heteroatoms. The summed E-state index contributed by atoms with van der Waals surface area (Å²) in [5, 5.41) is 28.5. The zero-order chi connectivity index (χ0) is 19.7. The SMILES string of the molecule is CCCCCCC/C=C/CCCCCCCO[C@@H]1CO[C@H]([C@@H](O)CO)[C@@H]1O. The molecule has 1 aliphatic heterocycles. The Balaban J connectivity index is 1.87. The van der Waals surface area contributed by atoms with E-state index in [4.69, 9.17) is 14.6 Å². The maximum Gasteiger partial charge on any atom is 0.114 e. The van der Waals surface area contributed by atoms with Gasteiger partial charge < -0.3 is 24.8 Å². The van der Waals surface area contributed by atoms with Crippen LogP contribution in [0.5, 0.6) is 0 Å². The van der Waals surface area contributed by atoms with Gasteiger partial charge in [-0.15, -0.1) is 0 Å². The summed E-state index contributed by atoms with van der Waals surface area (Å²) in [4.78, 5) is 0. The average Bonchev–Trinajstić information content (AvgIpc) is 3.04. The predicted octanol–water partition coefficient (Wildman–Crippen LogP) is 3.74. The van der Waals surface area contributed by atoms with Crippen molar-refractivity contribution in [2.75, 3.05) is 19.8 Å². The van der Waals surface area contributed by atoms with E-state index >= 15 is 0 Å². The van der Waals surface area contributed by atoms with Gasteiger partial charge in [-0.25, -0.2) is 0 Å². The van der Waals surface area contributed by atoms with Crippen LogP contribution in [0, 0.1) is 0 Å². The monoisotopic (exact) mass is 386 g/mol. The molecule has 1 rings (SSSR count). The molecule has 3 N–H and O–H groups in total. The maximum absolute atomic E-state index is 10.0. The van der Waals surface area contributed by atoms with Crippen LogP contribution in [-0.2, 0) is 9.47 Å². The second-order valence-corrected chi connectivity index (χ2v) is 7.68. The molecule has 1 saturated heterocycles. The molecule has 1 aliphatic rings. The number of hydrogen-bond acceptors (Lipinski definition) is 5. The molecule has 0 aromatic heterocycles. The summed E-state index contributed by atoms with van der Waals surface area (Å²) in [6.45, 7) is 2.71. The van der Waals surface area contributed by atoms with Gasteiger partial charge in [-0.2, -0.15) is 0 Å². The quantitative estimate of drug-likeness (QED) is 0.262. The van der Waals surface area contributed by atoms with Gasteiger partial charge in [0.15, 0.2) is 0 Å². The molecule has 0 aromatic carbocycles. The fourth-order valence-electron chi connectivity index (χ4n) is 3.43. The van der Waals surface area contributed by atoms with Crippen molar-refractivity contribution in [3.05, 3.63) is 12.2 Å². The van der Waals surface area contributed by atoms with Gasteiger partial charge in [-0.05, 0) is 32.1 Å². The highest BCUT2D eigenvalue weighted by Gasteiger charge is 2.40. The Labute approximate surface area is 165 Å². The fourth-order valence-corrected chi connectivity index (χ4v) is 3.43. The number of unbranched alkanes of at least 4 members (excludes halogenated alkanes) is 10. The second-order valence-electron chi connectivity index (χ2n) is 7.68. The Kier molecular flexibility index (Phi) is 15.0. The third kappa shape index (κ3) is 11.2. The van der Waals surface area contributed by atoms with E-state index in [-0.39, 0.29) is 6.61 Å². The summed E-state index contributed by atoms with van der Waals surface area (Å²) >= 11 is 0. The molecule has 0 amide bonds. The van der Waals surface area contributed by atoms with Crippen molar-refractivity contribution >= 4 is 0 Å². The molecule has 0 saturated carbocycles. The van der Waals surface area contributed by atoms with E-state index in [9.17, 15) is 10.2 Å². The fraction of sp³-hybridized carbons (Fsp3) is 0.909. The van der Waals surface area contributed by atoms with Crippen LogP contribution in [0.25, 0.3) is 0 Å². The molecule has 27 heavy (non-hydrogen) atoms. The number of rotatable bonds is 17. The first-order valence-electron chi connectivity index (χ1n) is 11.1. The first-order valence-corrected chi connectivity index (χ1v) is 11.1. The summed E-state index contributed by atoms with van der Waals surface area (Å²) in [6, 6.07) is 0. The lowest BCUT2D eigenvalue weighted by Crippen LogP contribution is -2.41. The van der Waals surface area contributed by atoms with Gasteiger partial charge >= 0.3 is 0 Å². The van der Waals surface area contributed by atoms with Gasteiger partial charge in [-0.1, -0.05) is 64.0 Å². The lowest BCUT2D eigenvalue weighted by atomic mass is 10.1. The molecule has 4 atom stereocenters. The van der Waals surface area contributed by atoms with Crippen LogP contribution < -0.4 is 0 Å². The molecule has 1 fully saturated rings. The van der Waals surface area contributed by atoms with Crippen LogP contribution >= 0.6 is 0 Å². The van der Waals surface area contributed by atoms with E-state index in [0.717, 1.165) is 12.8 Å². The minimum atomic E-state index is -1.05. The third-order valence-electron chi connectivity index (χ3n) is 5.22. The summed E-state index contributed by atoms with van der Waals surface area (Å²) in [5.74, 6) is 0. The van der Waals surface area contributed by atoms with Gasteiger partial charge in [0.1, 0.15) is 24.4 Å². The Morgan fingerprint density at radius 2 is 1.56 bits per heavy atom. The van der Waals surface area contributed by atoms with E-state index in [1.54, 1.807) is 0 Å². The first kappa shape index (κ1) is 24.6. The van der Waals surface area contributed by atoms with Crippen molar-refractivity contribution in [3.8, 4) is 0 Å². The number of aliphatic hydroxyl groups is 3. The largest absolute Gasteiger partial charge is 0.394 e. The molecule has 0 unspecified atom stereocenters. The van der Waals surface area contributed by atoms with Crippen molar-refractivity contribution in [2.45, 2.75) is 108 Å². The first-order chi connectivity index (χ1) is 13.2. The lowest BCUT2D eigenvalue weighted by Gasteiger charge is -2.20. The molecule has 0 aromatic rings. The van der Waals surface area contributed by atoms with Crippen molar-refractivity contribution in [1.82, 2.24) is 0 Å². The Morgan fingerprint density at radius 3 is 2.19 bits per heavy atom. The molecule has 5 nitrogen and oxygen atoms in total. The average molecular weight is 387 g/mol. The van der Waals surface area contributed by atoms with Crippen molar-refractivity contribution in [3.63, 3.8) is 0 Å². The molecule has 1 heterocycles. The van der Waals surface area contributed by atoms with Crippen LogP contribution in [0.3, 0.4) is 0 Å². The zero-order valence-corrected chi connectivity index (χ0v) is 17.2. The van der Waals surface area contributed by atoms with Crippen molar-refractivity contribution in [2.24, 2.45) is 0 Å². The summed E-state index contributed by atoms with van der Waals surface area (Å²) < 4.78 is 11.0. The standard InChI is InChI=1S/C22H42O5/c1-2-3-4-5-6-7-8-9-10-11-12-13-14-15-16-26-20-18-27-22(21(20)25)19(24)17-23/h8-9,19-25H,2-7,10-18H2,1H3/b9-8+/t19-,20+,21+,22+/m0/s1. The van der Waals surface area contributed by atoms with Crippen LogP contribution in [0.4, 0.5) is 0 Å². The highest BCUT2D eigenvalue weighted by molar-refractivity contribution is 4.88. The van der Waals surface area contributed by atoms with Gasteiger partial charge in [0.25, 0.3) is 0 Å². The smallest absolute Gasteiger partial charge is 0.114 e. The lowest BCUT2D eigenvalue weighted by molar-refractivity contribution is -0.0730. The molecule has 160 valence electrons. The molecule has 0 aliphatic carbocycles. The minimum absolute atomic E-state index is 0.272. The Bertz CT molecular complexity index is 361. The Hall–Kier alpha value is -0.460. The van der Waals surface area contributed by atoms with Gasteiger partial charge in [0.2, 0.25) is 0 Å². The summed E-state index contributed by atoms with van der Waals surface area (Å²) in [7, 11) is 0. The number of aliphatic hydroxyl groups excluding tert-OH is 3. The molecule has 0 spiro atoms. The van der Waals surface area contributed by atoms with E-state index in [0.29, 0.717) is 6.61 Å². The number of hydrogen-bond donors (Lipinski definition) is 3. The van der Waals surface area contributed by atoms with Crippen molar-refractivity contribution in [1.29, 1.82) is 0 Å². The van der Waals surface area contributed by atoms with Crippen LogP contribution in [0.2, 0.25) is 0 Å². The summed E-state index contributed by atoms with van der Waals surface area (Å²) in [5.41, 5.74) is 0. The number of ether oxygens (including phenoxy) is 2. The minimum Gasteiger partial charge on any atom is -0.394 e. The third-order valence-corrected chi connectivity index (χ3v) is 5.22.